The van der Waals surface area contributed by atoms with Crippen molar-refractivity contribution in [1.82, 2.24) is 35.1 Å². The minimum Gasteiger partial charge on any atom is -0.458 e. The Kier molecular flexibility index (Phi) is 23.5. The zero-order valence-electron chi connectivity index (χ0n) is 36.0. The number of carbonyl (C=O) groups is 3. The molecule has 63 heavy (non-hydrogen) atoms. The summed E-state index contributed by atoms with van der Waals surface area (Å²) >= 11 is 0. The van der Waals surface area contributed by atoms with E-state index < -0.39 is 71.5 Å². The van der Waals surface area contributed by atoms with Crippen molar-refractivity contribution in [3.8, 4) is 11.4 Å². The number of aromatic nitrogens is 4. The Morgan fingerprint density at radius 3 is 2.27 bits per heavy atom. The van der Waals surface area contributed by atoms with Crippen LogP contribution in [0.15, 0.2) is 42.7 Å². The molecule has 5 heterocycles. The van der Waals surface area contributed by atoms with Crippen LogP contribution in [0.4, 0.5) is 4.79 Å². The zero-order chi connectivity index (χ0) is 42.5. The van der Waals surface area contributed by atoms with E-state index in [-0.39, 0.29) is 67.8 Å². The molecule has 0 saturated carbocycles. The van der Waals surface area contributed by atoms with Crippen molar-refractivity contribution < 1.29 is 43.2 Å². The number of aliphatic hydroxyl groups excluding tert-OH is 1. The van der Waals surface area contributed by atoms with Gasteiger partial charge in [0.25, 0.3) is 0 Å². The Morgan fingerprint density at radius 1 is 1.00 bits per heavy atom. The molecule has 2 N–H and O–H groups in total. The normalized spacial score (nSPS) is 34.1. The third kappa shape index (κ3) is 13.2. The molecule has 16 heteroatoms. The molecule has 0 aromatic carbocycles. The van der Waals surface area contributed by atoms with Crippen LogP contribution in [0, 0.1) is 17.8 Å². The number of fused-ring (bicyclic) bond motifs is 1. The number of cyclic esters (lactones) is 1. The van der Waals surface area contributed by atoms with Crippen molar-refractivity contribution in [2.24, 2.45) is 17.8 Å². The Bertz CT molecular complexity index is 1730. The number of carbonyl (C=O) groups excluding carboxylic acids is 3. The fourth-order valence-electron chi connectivity index (χ4n) is 9.01. The molecule has 3 aliphatic heterocycles. The van der Waals surface area contributed by atoms with Crippen molar-refractivity contribution in [2.45, 2.75) is 178 Å². The molecule has 3 unspecified atom stereocenters. The van der Waals surface area contributed by atoms with Gasteiger partial charge in [0.05, 0.1) is 42.3 Å². The zero-order valence-corrected chi connectivity index (χ0v) is 36.0. The molecule has 13 atom stereocenters. The fourth-order valence-corrected chi connectivity index (χ4v) is 9.01. The van der Waals surface area contributed by atoms with Crippen LogP contribution in [-0.2, 0) is 39.8 Å². The molecule has 3 aliphatic rings. The maximum atomic E-state index is 14.4. The lowest BCUT2D eigenvalue weighted by molar-refractivity contribution is -0.295. The smallest absolute Gasteiger partial charge is 0.411 e. The van der Waals surface area contributed by atoms with Crippen LogP contribution in [0.2, 0.25) is 0 Å². The monoisotopic (exact) mass is 892 g/mol. The third-order valence-electron chi connectivity index (χ3n) is 12.3. The molecule has 0 aliphatic carbocycles. The highest BCUT2D eigenvalue weighted by Gasteiger charge is 2.58. The number of likely N-dealkylation sites (N-methyl/N-ethyl adjacent to an activating group) is 1. The second-order valence-corrected chi connectivity index (χ2v) is 17.1. The number of rotatable bonds is 10. The first kappa shape index (κ1) is 59.2. The van der Waals surface area contributed by atoms with Gasteiger partial charge in [-0.2, -0.15) is 0 Å². The first-order valence-corrected chi connectivity index (χ1v) is 20.6. The number of amides is 1. The predicted molar refractivity (Wildman–Crippen MR) is 249 cm³/mol. The van der Waals surface area contributed by atoms with E-state index in [0.29, 0.717) is 38.0 Å². The summed E-state index contributed by atoms with van der Waals surface area (Å²) in [5.74, 6) is -3.20. The van der Waals surface area contributed by atoms with Crippen molar-refractivity contribution in [1.29, 1.82) is 0 Å². The summed E-state index contributed by atoms with van der Waals surface area (Å²) in [6, 6.07) is 4.48. The quantitative estimate of drug-likeness (QED) is 0.141. The summed E-state index contributed by atoms with van der Waals surface area (Å²) in [5, 5.41) is 23.5. The highest BCUT2D eigenvalue weighted by molar-refractivity contribution is 6.00. The van der Waals surface area contributed by atoms with E-state index in [1.54, 1.807) is 36.7 Å². The number of ether oxygens (including phenoxy) is 5. The first-order valence-electron chi connectivity index (χ1n) is 20.6. The molecule has 5 rings (SSSR count). The maximum absolute atomic E-state index is 14.4. The average Bonchev–Trinajstić information content (AvgIpc) is 3.77. The molecule has 3 saturated heterocycles. The number of hydrogen-bond donors (Lipinski definition) is 2. The van der Waals surface area contributed by atoms with Gasteiger partial charge < -0.3 is 39.0 Å². The molecule has 2 aromatic rings. The van der Waals surface area contributed by atoms with E-state index in [4.69, 9.17) is 23.7 Å². The Hall–Kier alpha value is -3.80. The van der Waals surface area contributed by atoms with Gasteiger partial charge in [0.15, 0.2) is 17.7 Å². The highest BCUT2D eigenvalue weighted by Crippen LogP contribution is 2.40. The van der Waals surface area contributed by atoms with Crippen molar-refractivity contribution >= 4 is 17.8 Å². The topological polar surface area (TPSA) is 180 Å². The number of allylic oxidation sites excluding steroid dienone is 1. The van der Waals surface area contributed by atoms with Crippen LogP contribution in [0.25, 0.3) is 11.4 Å². The van der Waals surface area contributed by atoms with Crippen LogP contribution in [-0.4, -0.2) is 147 Å². The van der Waals surface area contributed by atoms with Gasteiger partial charge in [0.2, 0.25) is 0 Å². The van der Waals surface area contributed by atoms with Gasteiger partial charge >= 0.3 is 12.1 Å². The lowest BCUT2D eigenvalue weighted by atomic mass is 9.78. The summed E-state index contributed by atoms with van der Waals surface area (Å²) in [4.78, 5) is 50.0. The number of pyridine rings is 1. The third-order valence-corrected chi connectivity index (χ3v) is 12.3. The second-order valence-electron chi connectivity index (χ2n) is 17.1. The van der Waals surface area contributed by atoms with Gasteiger partial charge in [-0.15, -0.1) is 5.10 Å². The van der Waals surface area contributed by atoms with E-state index >= 15 is 0 Å². The Balaban J connectivity index is 0.00000769. The van der Waals surface area contributed by atoms with Crippen molar-refractivity contribution in [3.05, 3.63) is 42.7 Å². The van der Waals surface area contributed by atoms with Gasteiger partial charge in [-0.05, 0) is 92.6 Å². The summed E-state index contributed by atoms with van der Waals surface area (Å²) in [6.45, 7) is 16.0. The second kappa shape index (κ2) is 25.0. The number of nitrogens with zero attached hydrogens (tertiary/aromatic N) is 6. The standard InChI is InChI=1S/C42H65N7O9.5CH4/c1-12-33-42(8)36(49(40(53)58-42)20-16-15-19-48-24-31(45-46-48)30-17-13-14-18-43-30)29(6)44-23-25(2)22-41(7,54-11)37(27(4)34(50)28(5)38(52)56-33)57-39-35(51)32(47(9)10)21-26(3)55-39;;;;;/h13-18,24-29,32-33,35-37,39,44,51H,12,19-23H2,1-11H3;5*1H4/b16-15+;;;;;/t25-,26?,27+,28-,29-,32?,33-,35?,36-,37-,39+,41-,42-;;;;;/m1...../s1. The highest BCUT2D eigenvalue weighted by atomic mass is 16.7. The molecule has 2 aromatic heterocycles. The lowest BCUT2D eigenvalue weighted by Crippen LogP contribution is -2.60. The number of aliphatic hydroxyl groups is 1. The molecule has 1 amide bonds. The lowest BCUT2D eigenvalue weighted by Gasteiger charge is -2.46. The van der Waals surface area contributed by atoms with Gasteiger partial charge in [-0.25, -0.2) is 9.48 Å². The van der Waals surface area contributed by atoms with E-state index in [9.17, 15) is 19.5 Å². The summed E-state index contributed by atoms with van der Waals surface area (Å²) in [7, 11) is 5.38. The number of Topliss-reactive ketones (excluding diaryl/α,β-unsaturated/α-hetero) is 1. The molecule has 0 radical (unpaired) electrons. The number of esters is 1. The fraction of sp³-hybridized carbons (Fsp3) is 0.745. The first-order chi connectivity index (χ1) is 27.4. The van der Waals surface area contributed by atoms with Gasteiger partial charge in [-0.3, -0.25) is 19.5 Å². The Morgan fingerprint density at radius 2 is 1.67 bits per heavy atom. The van der Waals surface area contributed by atoms with Crippen LogP contribution in [0.1, 0.15) is 112 Å². The van der Waals surface area contributed by atoms with Crippen LogP contribution < -0.4 is 5.32 Å². The van der Waals surface area contributed by atoms with E-state index in [2.05, 4.69) is 27.5 Å². The minimum atomic E-state index is -1.26. The molecule has 0 spiro atoms. The van der Waals surface area contributed by atoms with Gasteiger partial charge in [0, 0.05) is 37.9 Å². The number of hydrogen-bond acceptors (Lipinski definition) is 14. The predicted octanol–water partition coefficient (Wildman–Crippen LogP) is 7.05. The number of nitrogens with one attached hydrogen (secondary N) is 1. The summed E-state index contributed by atoms with van der Waals surface area (Å²) in [5.41, 5.74) is -0.934. The average molecular weight is 892 g/mol. The van der Waals surface area contributed by atoms with E-state index in [1.807, 2.05) is 83.2 Å². The minimum absolute atomic E-state index is 0. The molecule has 3 fully saturated rings. The summed E-state index contributed by atoms with van der Waals surface area (Å²) in [6.07, 6.45) is 4.14. The molecule has 362 valence electrons. The summed E-state index contributed by atoms with van der Waals surface area (Å²) < 4.78 is 33.1. The van der Waals surface area contributed by atoms with Crippen LogP contribution >= 0.6 is 0 Å². The van der Waals surface area contributed by atoms with Crippen LogP contribution in [0.5, 0.6) is 0 Å². The van der Waals surface area contributed by atoms with Crippen molar-refractivity contribution in [2.75, 3.05) is 34.3 Å². The molecular weight excluding hydrogens is 807 g/mol. The Labute approximate surface area is 379 Å². The largest absolute Gasteiger partial charge is 0.458 e. The van der Waals surface area contributed by atoms with Crippen molar-refractivity contribution in [3.63, 3.8) is 0 Å². The number of ketones is 1. The van der Waals surface area contributed by atoms with Gasteiger partial charge in [-0.1, -0.05) is 81.3 Å². The van der Waals surface area contributed by atoms with E-state index in [0.717, 1.165) is 5.69 Å². The molecule has 16 nitrogen and oxygen atoms in total. The van der Waals surface area contributed by atoms with Crippen LogP contribution in [0.3, 0.4) is 0 Å². The van der Waals surface area contributed by atoms with Gasteiger partial charge in [0.1, 0.15) is 23.8 Å². The number of methoxy groups -OCH3 is 1. The molecule has 0 bridgehead atoms. The SMILES string of the molecule is C.C.C.C.C.CC[C@H]1OC(=O)[C@H](C)C(=O)[C@H](C)[C@@H](O[C@@H]2OC(C)CC(N(C)C)C2O)[C@](C)(OC)C[C@@H](C)CN[C@H](C)[C@H]2N(C/C=C/Cn3cc(-c4ccccn4)nn3)C(=O)O[C@]12C. The molecular formula is C47H85N7O9. The van der Waals surface area contributed by atoms with E-state index in [1.165, 1.54) is 6.92 Å². The maximum Gasteiger partial charge on any atom is 0.411 e.